The third kappa shape index (κ3) is 4.32. The van der Waals surface area contributed by atoms with Crippen molar-refractivity contribution in [2.45, 2.75) is 33.1 Å². The van der Waals surface area contributed by atoms with Crippen LogP contribution in [0.1, 0.15) is 38.7 Å². The Morgan fingerprint density at radius 1 is 1.26 bits per heavy atom. The van der Waals surface area contributed by atoms with Gasteiger partial charge in [0, 0.05) is 18.8 Å². The van der Waals surface area contributed by atoms with Crippen molar-refractivity contribution in [1.82, 2.24) is 4.90 Å². The van der Waals surface area contributed by atoms with Gasteiger partial charge in [0.15, 0.2) is 0 Å². The molecular weight excluding hydrogens is 290 g/mol. The first-order valence-corrected chi connectivity index (χ1v) is 8.20. The standard InChI is InChI=1S/C18H23N3O2/c1-3-8-21(9-4-2)18(23)16-11-15(16)17(22)20-14-7-5-6-13(10-14)12-19/h5-7,10,15-16H,3-4,8-9,11H2,1-2H3,(H,20,22). The lowest BCUT2D eigenvalue weighted by Crippen LogP contribution is -2.34. The molecule has 2 rings (SSSR count). The van der Waals surface area contributed by atoms with Gasteiger partial charge in [-0.15, -0.1) is 0 Å². The van der Waals surface area contributed by atoms with E-state index < -0.39 is 0 Å². The average molecular weight is 313 g/mol. The lowest BCUT2D eigenvalue weighted by atomic mass is 10.2. The van der Waals surface area contributed by atoms with E-state index >= 15 is 0 Å². The number of carbonyl (C=O) groups is 2. The van der Waals surface area contributed by atoms with Crippen LogP contribution in [0.15, 0.2) is 24.3 Å². The Kier molecular flexibility index (Phi) is 5.75. The van der Waals surface area contributed by atoms with Crippen molar-refractivity contribution in [2.75, 3.05) is 18.4 Å². The minimum Gasteiger partial charge on any atom is -0.342 e. The number of nitrogens with one attached hydrogen (secondary N) is 1. The minimum atomic E-state index is -0.246. The van der Waals surface area contributed by atoms with Crippen molar-refractivity contribution in [3.8, 4) is 6.07 Å². The van der Waals surface area contributed by atoms with E-state index in [9.17, 15) is 9.59 Å². The Morgan fingerprint density at radius 3 is 2.57 bits per heavy atom. The molecule has 0 aromatic heterocycles. The molecule has 2 amide bonds. The normalized spacial score (nSPS) is 18.8. The van der Waals surface area contributed by atoms with E-state index in [0.717, 1.165) is 25.9 Å². The number of benzene rings is 1. The molecule has 0 heterocycles. The van der Waals surface area contributed by atoms with E-state index in [1.807, 2.05) is 11.0 Å². The van der Waals surface area contributed by atoms with Crippen LogP contribution in [0.2, 0.25) is 0 Å². The van der Waals surface area contributed by atoms with Gasteiger partial charge in [0.2, 0.25) is 11.8 Å². The zero-order chi connectivity index (χ0) is 16.8. The van der Waals surface area contributed by atoms with Crippen LogP contribution in [-0.4, -0.2) is 29.8 Å². The number of nitriles is 1. The Labute approximate surface area is 137 Å². The lowest BCUT2D eigenvalue weighted by Gasteiger charge is -2.21. The topological polar surface area (TPSA) is 73.2 Å². The summed E-state index contributed by atoms with van der Waals surface area (Å²) >= 11 is 0. The maximum Gasteiger partial charge on any atom is 0.228 e. The van der Waals surface area contributed by atoms with Crippen LogP contribution >= 0.6 is 0 Å². The Hall–Kier alpha value is -2.35. The van der Waals surface area contributed by atoms with Gasteiger partial charge >= 0.3 is 0 Å². The molecule has 23 heavy (non-hydrogen) atoms. The number of hydrogen-bond donors (Lipinski definition) is 1. The van der Waals surface area contributed by atoms with Gasteiger partial charge in [-0.3, -0.25) is 9.59 Å². The quantitative estimate of drug-likeness (QED) is 0.841. The summed E-state index contributed by atoms with van der Waals surface area (Å²) in [6.45, 7) is 5.61. The monoisotopic (exact) mass is 313 g/mol. The summed E-state index contributed by atoms with van der Waals surface area (Å²) < 4.78 is 0. The molecule has 0 spiro atoms. The van der Waals surface area contributed by atoms with E-state index in [4.69, 9.17) is 5.26 Å². The highest BCUT2D eigenvalue weighted by molar-refractivity contribution is 5.99. The first-order chi connectivity index (χ1) is 11.1. The summed E-state index contributed by atoms with van der Waals surface area (Å²) in [5, 5.41) is 11.7. The molecule has 0 saturated heterocycles. The second-order valence-electron chi connectivity index (χ2n) is 5.96. The van der Waals surface area contributed by atoms with Crippen LogP contribution in [0.4, 0.5) is 5.69 Å². The third-order valence-corrected chi connectivity index (χ3v) is 4.00. The van der Waals surface area contributed by atoms with Gasteiger partial charge in [0.25, 0.3) is 0 Å². The number of amides is 2. The molecule has 1 fully saturated rings. The molecule has 5 heteroatoms. The molecule has 1 aliphatic carbocycles. The van der Waals surface area contributed by atoms with Crippen molar-refractivity contribution in [3.63, 3.8) is 0 Å². The molecular formula is C18H23N3O2. The SMILES string of the molecule is CCCN(CCC)C(=O)C1CC1C(=O)Nc1cccc(C#N)c1. The average Bonchev–Trinajstić information content (AvgIpc) is 3.35. The Bertz CT molecular complexity index is 615. The maximum atomic E-state index is 12.5. The Balaban J connectivity index is 1.93. The summed E-state index contributed by atoms with van der Waals surface area (Å²) in [6, 6.07) is 8.85. The zero-order valence-corrected chi connectivity index (χ0v) is 13.7. The third-order valence-electron chi connectivity index (χ3n) is 4.00. The van der Waals surface area contributed by atoms with E-state index in [1.54, 1.807) is 24.3 Å². The predicted molar refractivity (Wildman–Crippen MR) is 88.5 cm³/mol. The largest absolute Gasteiger partial charge is 0.342 e. The number of nitrogens with zero attached hydrogens (tertiary/aromatic N) is 2. The van der Waals surface area contributed by atoms with Crippen molar-refractivity contribution < 1.29 is 9.59 Å². The molecule has 0 radical (unpaired) electrons. The van der Waals surface area contributed by atoms with Crippen LogP contribution in [0.5, 0.6) is 0 Å². The minimum absolute atomic E-state index is 0.0969. The van der Waals surface area contributed by atoms with Gasteiger partial charge in [-0.25, -0.2) is 0 Å². The van der Waals surface area contributed by atoms with Crippen LogP contribution in [0, 0.1) is 23.2 Å². The van der Waals surface area contributed by atoms with Crippen LogP contribution in [0.25, 0.3) is 0 Å². The molecule has 2 unspecified atom stereocenters. The molecule has 1 aliphatic rings. The molecule has 5 nitrogen and oxygen atoms in total. The molecule has 2 atom stereocenters. The molecule has 122 valence electrons. The lowest BCUT2D eigenvalue weighted by molar-refractivity contribution is -0.134. The first kappa shape index (κ1) is 17.0. The predicted octanol–water partition coefficient (Wildman–Crippen LogP) is 2.78. The highest BCUT2D eigenvalue weighted by atomic mass is 16.2. The van der Waals surface area contributed by atoms with E-state index in [1.165, 1.54) is 0 Å². The fraction of sp³-hybridized carbons (Fsp3) is 0.500. The smallest absolute Gasteiger partial charge is 0.228 e. The second kappa shape index (κ2) is 7.77. The van der Waals surface area contributed by atoms with E-state index in [2.05, 4.69) is 19.2 Å². The number of carbonyl (C=O) groups excluding carboxylic acids is 2. The molecule has 0 bridgehead atoms. The zero-order valence-electron chi connectivity index (χ0n) is 13.7. The van der Waals surface area contributed by atoms with Gasteiger partial charge < -0.3 is 10.2 Å². The number of anilines is 1. The molecule has 1 aromatic carbocycles. The summed E-state index contributed by atoms with van der Waals surface area (Å²) in [7, 11) is 0. The number of hydrogen-bond acceptors (Lipinski definition) is 3. The fourth-order valence-electron chi connectivity index (χ4n) is 2.77. The van der Waals surface area contributed by atoms with Crippen LogP contribution < -0.4 is 5.32 Å². The second-order valence-corrected chi connectivity index (χ2v) is 5.96. The summed E-state index contributed by atoms with van der Waals surface area (Å²) in [4.78, 5) is 26.6. The van der Waals surface area contributed by atoms with E-state index in [0.29, 0.717) is 17.7 Å². The van der Waals surface area contributed by atoms with Crippen molar-refractivity contribution in [3.05, 3.63) is 29.8 Å². The molecule has 0 aliphatic heterocycles. The first-order valence-electron chi connectivity index (χ1n) is 8.20. The van der Waals surface area contributed by atoms with Gasteiger partial charge in [0.1, 0.15) is 0 Å². The van der Waals surface area contributed by atoms with Crippen LogP contribution in [-0.2, 0) is 9.59 Å². The molecule has 1 aromatic rings. The van der Waals surface area contributed by atoms with Crippen molar-refractivity contribution in [1.29, 1.82) is 5.26 Å². The van der Waals surface area contributed by atoms with Gasteiger partial charge in [-0.05, 0) is 37.5 Å². The van der Waals surface area contributed by atoms with Crippen LogP contribution in [0.3, 0.4) is 0 Å². The highest BCUT2D eigenvalue weighted by Crippen LogP contribution is 2.41. The fourth-order valence-corrected chi connectivity index (χ4v) is 2.77. The summed E-state index contributed by atoms with van der Waals surface area (Å²) in [6.07, 6.45) is 2.47. The van der Waals surface area contributed by atoms with Gasteiger partial charge in [-0.1, -0.05) is 19.9 Å². The van der Waals surface area contributed by atoms with E-state index in [-0.39, 0.29) is 23.7 Å². The maximum absolute atomic E-state index is 12.5. The summed E-state index contributed by atoms with van der Waals surface area (Å²) in [5.41, 5.74) is 1.11. The van der Waals surface area contributed by atoms with Crippen molar-refractivity contribution in [2.24, 2.45) is 11.8 Å². The molecule has 1 saturated carbocycles. The van der Waals surface area contributed by atoms with Gasteiger partial charge in [0.05, 0.1) is 23.5 Å². The number of rotatable bonds is 7. The van der Waals surface area contributed by atoms with Gasteiger partial charge in [-0.2, -0.15) is 5.26 Å². The molecule has 1 N–H and O–H groups in total. The Morgan fingerprint density at radius 2 is 1.96 bits per heavy atom. The summed E-state index contributed by atoms with van der Waals surface area (Å²) in [5.74, 6) is -0.470. The van der Waals surface area contributed by atoms with Crippen molar-refractivity contribution >= 4 is 17.5 Å². The highest BCUT2D eigenvalue weighted by Gasteiger charge is 2.49.